The van der Waals surface area contributed by atoms with E-state index in [4.69, 9.17) is 10.8 Å². The molecule has 0 aromatic rings. The van der Waals surface area contributed by atoms with Crippen LogP contribution < -0.4 is 5.73 Å². The zero-order chi connectivity index (χ0) is 9.90. The van der Waals surface area contributed by atoms with Gasteiger partial charge in [-0.25, -0.2) is 0 Å². The Balaban J connectivity index is 2.76. The van der Waals surface area contributed by atoms with Crippen LogP contribution >= 0.6 is 0 Å². The first kappa shape index (κ1) is 10.5. The molecular formula is C9H17NO3. The Kier molecular flexibility index (Phi) is 3.27. The molecule has 0 radical (unpaired) electrons. The average Bonchev–Trinajstić information content (AvgIpc) is 2.27. The summed E-state index contributed by atoms with van der Waals surface area (Å²) in [5.41, 5.74) is 4.60. The number of nitrogens with two attached hydrogens (primary N) is 1. The van der Waals surface area contributed by atoms with Gasteiger partial charge in [-0.2, -0.15) is 0 Å². The largest absolute Gasteiger partial charge is 0.481 e. The lowest BCUT2D eigenvalue weighted by atomic mass is 9.80. The molecule has 0 amide bonds. The van der Waals surface area contributed by atoms with Crippen LogP contribution in [-0.4, -0.2) is 28.8 Å². The second kappa shape index (κ2) is 4.07. The molecule has 0 aliphatic heterocycles. The van der Waals surface area contributed by atoms with E-state index in [0.717, 1.165) is 12.8 Å². The third kappa shape index (κ3) is 2.19. The summed E-state index contributed by atoms with van der Waals surface area (Å²) in [6, 6.07) is 0. The number of rotatable bonds is 2. The summed E-state index contributed by atoms with van der Waals surface area (Å²) >= 11 is 0. The first-order chi connectivity index (χ1) is 6.10. The van der Waals surface area contributed by atoms with Gasteiger partial charge in [0, 0.05) is 6.54 Å². The van der Waals surface area contributed by atoms with Crippen LogP contribution in [0.3, 0.4) is 0 Å². The Bertz CT molecular complexity index is 195. The van der Waals surface area contributed by atoms with Crippen LogP contribution in [0.2, 0.25) is 0 Å². The number of aliphatic hydroxyl groups is 1. The molecule has 1 saturated carbocycles. The van der Waals surface area contributed by atoms with Crippen LogP contribution in [0.4, 0.5) is 0 Å². The van der Waals surface area contributed by atoms with Crippen molar-refractivity contribution in [3.63, 3.8) is 0 Å². The van der Waals surface area contributed by atoms with Crippen LogP contribution in [0.5, 0.6) is 0 Å². The van der Waals surface area contributed by atoms with Gasteiger partial charge < -0.3 is 15.9 Å². The third-order valence-electron chi connectivity index (χ3n) is 2.91. The fraction of sp³-hybridized carbons (Fsp3) is 0.889. The van der Waals surface area contributed by atoms with Crippen molar-refractivity contribution in [3.05, 3.63) is 0 Å². The van der Waals surface area contributed by atoms with E-state index in [0.29, 0.717) is 19.3 Å². The highest BCUT2D eigenvalue weighted by atomic mass is 16.4. The van der Waals surface area contributed by atoms with Gasteiger partial charge >= 0.3 is 5.97 Å². The van der Waals surface area contributed by atoms with E-state index in [1.54, 1.807) is 0 Å². The van der Waals surface area contributed by atoms with E-state index in [1.807, 2.05) is 0 Å². The van der Waals surface area contributed by atoms with Crippen molar-refractivity contribution in [1.82, 2.24) is 0 Å². The Morgan fingerprint density at radius 2 is 2.23 bits per heavy atom. The van der Waals surface area contributed by atoms with Crippen molar-refractivity contribution in [2.75, 3.05) is 6.54 Å². The Hall–Kier alpha value is -0.610. The van der Waals surface area contributed by atoms with Gasteiger partial charge in [-0.3, -0.25) is 4.79 Å². The smallest absolute Gasteiger partial charge is 0.311 e. The Labute approximate surface area is 77.7 Å². The molecule has 0 spiro atoms. The van der Waals surface area contributed by atoms with Crippen molar-refractivity contribution in [3.8, 4) is 0 Å². The fourth-order valence-corrected chi connectivity index (χ4v) is 1.97. The van der Waals surface area contributed by atoms with Gasteiger partial charge in [-0.05, 0) is 19.3 Å². The van der Waals surface area contributed by atoms with Crippen LogP contribution in [0.25, 0.3) is 0 Å². The third-order valence-corrected chi connectivity index (χ3v) is 2.91. The molecule has 4 heteroatoms. The zero-order valence-corrected chi connectivity index (χ0v) is 7.70. The SMILES string of the molecule is NCC1(C(=O)O)CCCCC(O)C1. The van der Waals surface area contributed by atoms with Gasteiger partial charge in [-0.1, -0.05) is 12.8 Å². The number of carboxylic acid groups (broad SMARTS) is 1. The molecule has 13 heavy (non-hydrogen) atoms. The molecule has 0 saturated heterocycles. The van der Waals surface area contributed by atoms with E-state index in [2.05, 4.69) is 0 Å². The van der Waals surface area contributed by atoms with Crippen LogP contribution in [0.1, 0.15) is 32.1 Å². The lowest BCUT2D eigenvalue weighted by Gasteiger charge is -2.27. The molecule has 1 fully saturated rings. The fourth-order valence-electron chi connectivity index (χ4n) is 1.97. The van der Waals surface area contributed by atoms with Crippen molar-refractivity contribution in [2.45, 2.75) is 38.2 Å². The topological polar surface area (TPSA) is 83.6 Å². The van der Waals surface area contributed by atoms with Gasteiger partial charge in [-0.15, -0.1) is 0 Å². The maximum atomic E-state index is 11.0. The average molecular weight is 187 g/mol. The van der Waals surface area contributed by atoms with Crippen LogP contribution in [-0.2, 0) is 4.79 Å². The predicted molar refractivity (Wildman–Crippen MR) is 48.2 cm³/mol. The maximum Gasteiger partial charge on any atom is 0.311 e. The normalized spacial score (nSPS) is 35.4. The first-order valence-corrected chi connectivity index (χ1v) is 4.72. The summed E-state index contributed by atoms with van der Waals surface area (Å²) in [7, 11) is 0. The number of hydrogen-bond donors (Lipinski definition) is 3. The highest BCUT2D eigenvalue weighted by Gasteiger charge is 2.39. The van der Waals surface area contributed by atoms with E-state index in [-0.39, 0.29) is 6.54 Å². The van der Waals surface area contributed by atoms with E-state index in [1.165, 1.54) is 0 Å². The molecule has 0 aromatic carbocycles. The lowest BCUT2D eigenvalue weighted by Crippen LogP contribution is -2.40. The molecule has 1 aliphatic rings. The molecule has 4 nitrogen and oxygen atoms in total. The van der Waals surface area contributed by atoms with Crippen molar-refractivity contribution in [1.29, 1.82) is 0 Å². The summed E-state index contributed by atoms with van der Waals surface area (Å²) < 4.78 is 0. The molecule has 1 rings (SSSR count). The monoisotopic (exact) mass is 187 g/mol. The van der Waals surface area contributed by atoms with Gasteiger partial charge in [0.1, 0.15) is 0 Å². The van der Waals surface area contributed by atoms with Gasteiger partial charge in [0.05, 0.1) is 11.5 Å². The van der Waals surface area contributed by atoms with E-state index in [9.17, 15) is 9.90 Å². The highest BCUT2D eigenvalue weighted by molar-refractivity contribution is 5.75. The molecule has 4 N–H and O–H groups in total. The molecule has 0 heterocycles. The Morgan fingerprint density at radius 1 is 1.54 bits per heavy atom. The predicted octanol–water partition coefficient (Wildman–Crippen LogP) is 0.341. The quantitative estimate of drug-likeness (QED) is 0.544. The van der Waals surface area contributed by atoms with Crippen LogP contribution in [0, 0.1) is 5.41 Å². The summed E-state index contributed by atoms with van der Waals surface area (Å²) in [5.74, 6) is -0.865. The molecular weight excluding hydrogens is 170 g/mol. The number of carbonyl (C=O) groups is 1. The lowest BCUT2D eigenvalue weighted by molar-refractivity contribution is -0.150. The second-order valence-corrected chi connectivity index (χ2v) is 3.89. The second-order valence-electron chi connectivity index (χ2n) is 3.89. The minimum Gasteiger partial charge on any atom is -0.481 e. The summed E-state index contributed by atoms with van der Waals surface area (Å²) in [5, 5.41) is 18.5. The van der Waals surface area contributed by atoms with Crippen molar-refractivity contribution >= 4 is 5.97 Å². The van der Waals surface area contributed by atoms with Crippen molar-refractivity contribution in [2.24, 2.45) is 11.1 Å². The molecule has 2 atom stereocenters. The van der Waals surface area contributed by atoms with E-state index >= 15 is 0 Å². The molecule has 2 unspecified atom stereocenters. The number of hydrogen-bond acceptors (Lipinski definition) is 3. The van der Waals surface area contributed by atoms with Gasteiger partial charge in [0.15, 0.2) is 0 Å². The number of carboxylic acids is 1. The summed E-state index contributed by atoms with van der Waals surface area (Å²) in [4.78, 5) is 11.0. The summed E-state index contributed by atoms with van der Waals surface area (Å²) in [6.07, 6.45) is 2.85. The first-order valence-electron chi connectivity index (χ1n) is 4.72. The minimum absolute atomic E-state index is 0.124. The molecule has 0 aromatic heterocycles. The van der Waals surface area contributed by atoms with Crippen LogP contribution in [0.15, 0.2) is 0 Å². The van der Waals surface area contributed by atoms with E-state index < -0.39 is 17.5 Å². The Morgan fingerprint density at radius 3 is 2.77 bits per heavy atom. The van der Waals surface area contributed by atoms with Gasteiger partial charge in [0.2, 0.25) is 0 Å². The number of aliphatic hydroxyl groups excluding tert-OH is 1. The minimum atomic E-state index is -0.879. The van der Waals surface area contributed by atoms with Crippen molar-refractivity contribution < 1.29 is 15.0 Å². The standard InChI is InChI=1S/C9H17NO3/c10-6-9(8(12)13)4-2-1-3-7(11)5-9/h7,11H,1-6,10H2,(H,12,13). The zero-order valence-electron chi connectivity index (χ0n) is 7.70. The molecule has 1 aliphatic carbocycles. The molecule has 76 valence electrons. The molecule has 0 bridgehead atoms. The summed E-state index contributed by atoms with van der Waals surface area (Å²) in [6.45, 7) is 0.124. The maximum absolute atomic E-state index is 11.0. The van der Waals surface area contributed by atoms with Gasteiger partial charge in [0.25, 0.3) is 0 Å². The number of aliphatic carboxylic acids is 1. The highest BCUT2D eigenvalue weighted by Crippen LogP contribution is 2.34.